The third kappa shape index (κ3) is 1.58. The Bertz CT molecular complexity index is 237. The molecule has 0 bridgehead atoms. The predicted octanol–water partition coefficient (Wildman–Crippen LogP) is 3.00. The van der Waals surface area contributed by atoms with E-state index < -0.39 is 0 Å². The molecule has 0 aromatic heterocycles. The van der Waals surface area contributed by atoms with Gasteiger partial charge in [-0.1, -0.05) is 30.3 Å². The van der Waals surface area contributed by atoms with Crippen LogP contribution in [0, 0.1) is 6.57 Å². The minimum atomic E-state index is -0.186. The second kappa shape index (κ2) is 3.38. The Morgan fingerprint density at radius 3 is 2.40 bits per heavy atom. The summed E-state index contributed by atoms with van der Waals surface area (Å²) in [4.78, 5) is 3.14. The summed E-state index contributed by atoms with van der Waals surface area (Å²) in [6.45, 7) is 6.72. The Morgan fingerprint density at radius 1 is 1.30 bits per heavy atom. The van der Waals surface area contributed by atoms with E-state index in [4.69, 9.17) is 6.57 Å². The van der Waals surface area contributed by atoms with E-state index in [0.29, 0.717) is 0 Å². The third-order valence-electron chi connectivity index (χ3n) is 1.19. The van der Waals surface area contributed by atoms with Crippen LogP contribution in [0.1, 0.15) is 10.5 Å². The molecule has 0 saturated heterocycles. The fraction of sp³-hybridized carbons (Fsp3) is 0.125. The van der Waals surface area contributed by atoms with Gasteiger partial charge in [0.1, 0.15) is 0 Å². The van der Waals surface area contributed by atoms with Crippen molar-refractivity contribution in [3.05, 3.63) is 47.3 Å². The molecule has 1 aromatic rings. The van der Waals surface area contributed by atoms with E-state index in [1.807, 2.05) is 30.3 Å². The number of hydrogen-bond acceptors (Lipinski definition) is 0. The molecule has 1 rings (SSSR count). The largest absolute Gasteiger partial charge is 0.301 e. The average molecular weight is 196 g/mol. The molecule has 1 nitrogen and oxygen atoms in total. The first-order valence-electron chi connectivity index (χ1n) is 2.90. The molecule has 0 aliphatic heterocycles. The van der Waals surface area contributed by atoms with Crippen molar-refractivity contribution in [1.29, 1.82) is 0 Å². The maximum absolute atomic E-state index is 6.72. The predicted molar refractivity (Wildman–Crippen MR) is 44.7 cm³/mol. The summed E-state index contributed by atoms with van der Waals surface area (Å²) in [5.74, 6) is 0. The fourth-order valence-corrected chi connectivity index (χ4v) is 0.992. The minimum absolute atomic E-state index is 0.186. The van der Waals surface area contributed by atoms with E-state index in [9.17, 15) is 0 Å². The first-order valence-corrected chi connectivity index (χ1v) is 3.82. The summed E-state index contributed by atoms with van der Waals surface area (Å²) >= 11 is 3.23. The molecule has 0 amide bonds. The molecule has 0 saturated carbocycles. The number of alkyl halides is 1. The van der Waals surface area contributed by atoms with Crippen LogP contribution in [0.25, 0.3) is 4.85 Å². The van der Waals surface area contributed by atoms with Crippen molar-refractivity contribution < 1.29 is 0 Å². The van der Waals surface area contributed by atoms with Crippen LogP contribution in [0.4, 0.5) is 0 Å². The number of nitrogens with zero attached hydrogens (tertiary/aromatic N) is 1. The van der Waals surface area contributed by atoms with E-state index in [1.165, 1.54) is 0 Å². The van der Waals surface area contributed by atoms with Gasteiger partial charge in [-0.2, -0.15) is 0 Å². The van der Waals surface area contributed by atoms with Crippen LogP contribution in [0.3, 0.4) is 0 Å². The van der Waals surface area contributed by atoms with E-state index in [1.54, 1.807) is 0 Å². The normalized spacial score (nSPS) is 12.0. The molecule has 1 unspecified atom stereocenters. The second-order valence-electron chi connectivity index (χ2n) is 1.88. The van der Waals surface area contributed by atoms with E-state index in [-0.39, 0.29) is 4.95 Å². The van der Waals surface area contributed by atoms with Crippen LogP contribution in [-0.2, 0) is 0 Å². The molecule has 0 aliphatic rings. The SMILES string of the molecule is [C-]#[N+]C(Br)c1ccccc1. The molecule has 0 aliphatic carbocycles. The second-order valence-corrected chi connectivity index (χ2v) is 2.74. The molecule has 0 radical (unpaired) electrons. The molecule has 1 aromatic carbocycles. The Hall–Kier alpha value is -0.810. The van der Waals surface area contributed by atoms with Crippen LogP contribution in [0.15, 0.2) is 30.3 Å². The highest BCUT2D eigenvalue weighted by Crippen LogP contribution is 2.22. The highest BCUT2D eigenvalue weighted by atomic mass is 79.9. The molecular weight excluding hydrogens is 190 g/mol. The monoisotopic (exact) mass is 195 g/mol. The van der Waals surface area contributed by atoms with Crippen molar-refractivity contribution in [2.24, 2.45) is 0 Å². The molecule has 0 N–H and O–H groups in total. The summed E-state index contributed by atoms with van der Waals surface area (Å²) in [6, 6.07) is 9.64. The van der Waals surface area contributed by atoms with E-state index >= 15 is 0 Å². The van der Waals surface area contributed by atoms with Gasteiger partial charge in [-0.05, 0) is 0 Å². The van der Waals surface area contributed by atoms with Crippen molar-refractivity contribution in [2.75, 3.05) is 0 Å². The Kier molecular flexibility index (Phi) is 2.47. The summed E-state index contributed by atoms with van der Waals surface area (Å²) in [5.41, 5.74) is 1.01. The van der Waals surface area contributed by atoms with Crippen molar-refractivity contribution in [3.63, 3.8) is 0 Å². The molecule has 0 fully saturated rings. The zero-order valence-electron chi connectivity index (χ0n) is 5.29. The van der Waals surface area contributed by atoms with Gasteiger partial charge in [-0.3, -0.25) is 4.85 Å². The molecule has 50 valence electrons. The van der Waals surface area contributed by atoms with Crippen LogP contribution in [-0.4, -0.2) is 0 Å². The average Bonchev–Trinajstić information content (AvgIpc) is 2.05. The Balaban J connectivity index is 2.88. The van der Waals surface area contributed by atoms with Gasteiger partial charge in [-0.25, -0.2) is 6.57 Å². The van der Waals surface area contributed by atoms with Crippen molar-refractivity contribution in [2.45, 2.75) is 4.95 Å². The quantitative estimate of drug-likeness (QED) is 0.369. The van der Waals surface area contributed by atoms with Gasteiger partial charge in [0, 0.05) is 21.5 Å². The van der Waals surface area contributed by atoms with Gasteiger partial charge in [-0.15, -0.1) is 0 Å². The summed E-state index contributed by atoms with van der Waals surface area (Å²) in [6.07, 6.45) is 0. The summed E-state index contributed by atoms with van der Waals surface area (Å²) in [5, 5.41) is 0. The number of halogens is 1. The zero-order valence-corrected chi connectivity index (χ0v) is 6.88. The first kappa shape index (κ1) is 7.30. The van der Waals surface area contributed by atoms with Gasteiger partial charge in [0.25, 0.3) is 0 Å². The highest BCUT2D eigenvalue weighted by molar-refractivity contribution is 9.09. The van der Waals surface area contributed by atoms with Crippen molar-refractivity contribution in [3.8, 4) is 0 Å². The van der Waals surface area contributed by atoms with Crippen LogP contribution >= 0.6 is 15.9 Å². The van der Waals surface area contributed by atoms with Gasteiger partial charge in [0.15, 0.2) is 0 Å². The zero-order chi connectivity index (χ0) is 7.40. The van der Waals surface area contributed by atoms with E-state index in [0.717, 1.165) is 5.56 Å². The fourth-order valence-electron chi connectivity index (χ4n) is 0.686. The third-order valence-corrected chi connectivity index (χ3v) is 1.92. The lowest BCUT2D eigenvalue weighted by molar-refractivity contribution is 1.25. The summed E-state index contributed by atoms with van der Waals surface area (Å²) < 4.78 is 0. The standard InChI is InChI=1S/C8H6BrN/c1-10-8(9)7-5-3-2-4-6-7/h2-6,8H. The molecule has 10 heavy (non-hydrogen) atoms. The minimum Gasteiger partial charge on any atom is -0.296 e. The maximum Gasteiger partial charge on any atom is 0.301 e. The van der Waals surface area contributed by atoms with Crippen LogP contribution < -0.4 is 0 Å². The smallest absolute Gasteiger partial charge is 0.296 e. The lowest BCUT2D eigenvalue weighted by Gasteiger charge is -1.94. The van der Waals surface area contributed by atoms with Gasteiger partial charge in [0.05, 0.1) is 0 Å². The van der Waals surface area contributed by atoms with Gasteiger partial charge in [0.2, 0.25) is 0 Å². The number of hydrogen-bond donors (Lipinski definition) is 0. The van der Waals surface area contributed by atoms with Gasteiger partial charge >= 0.3 is 4.95 Å². The van der Waals surface area contributed by atoms with Crippen LogP contribution in [0.5, 0.6) is 0 Å². The van der Waals surface area contributed by atoms with Crippen LogP contribution in [0.2, 0.25) is 0 Å². The number of rotatable bonds is 1. The van der Waals surface area contributed by atoms with Crippen molar-refractivity contribution in [1.82, 2.24) is 0 Å². The highest BCUT2D eigenvalue weighted by Gasteiger charge is 2.07. The molecule has 2 heteroatoms. The Morgan fingerprint density at radius 2 is 1.90 bits per heavy atom. The first-order chi connectivity index (χ1) is 4.84. The van der Waals surface area contributed by atoms with Crippen molar-refractivity contribution >= 4 is 15.9 Å². The lowest BCUT2D eigenvalue weighted by Crippen LogP contribution is -1.79. The molecule has 0 spiro atoms. The van der Waals surface area contributed by atoms with E-state index in [2.05, 4.69) is 20.8 Å². The summed E-state index contributed by atoms with van der Waals surface area (Å²) in [7, 11) is 0. The Labute approximate surface area is 68.6 Å². The number of benzene rings is 1. The lowest BCUT2D eigenvalue weighted by atomic mass is 10.2. The molecular formula is C8H6BrN. The molecule has 1 atom stereocenters. The van der Waals surface area contributed by atoms with Gasteiger partial charge < -0.3 is 0 Å². The maximum atomic E-state index is 6.72. The topological polar surface area (TPSA) is 4.36 Å². The molecule has 0 heterocycles.